The van der Waals surface area contributed by atoms with Gasteiger partial charge < -0.3 is 5.73 Å². The van der Waals surface area contributed by atoms with Crippen LogP contribution in [0.1, 0.15) is 11.4 Å². The van der Waals surface area contributed by atoms with Gasteiger partial charge in [0.15, 0.2) is 0 Å². The molecule has 6 heteroatoms. The average Bonchev–Trinajstić information content (AvgIpc) is 2.69. The molecule has 90 valence electrons. The van der Waals surface area contributed by atoms with Gasteiger partial charge in [-0.25, -0.2) is 9.37 Å². The molecule has 3 N–H and O–H groups in total. The van der Waals surface area contributed by atoms with E-state index in [4.69, 9.17) is 5.73 Å². The molecule has 1 heterocycles. The number of nitrogens with zero attached hydrogens (tertiary/aromatic N) is 2. The van der Waals surface area contributed by atoms with Crippen LogP contribution in [-0.2, 0) is 6.42 Å². The lowest BCUT2D eigenvalue weighted by molar-refractivity contribution is 0.623. The second-order valence-electron chi connectivity index (χ2n) is 3.60. The summed E-state index contributed by atoms with van der Waals surface area (Å²) in [6.45, 7) is 2.33. The van der Waals surface area contributed by atoms with Crippen LogP contribution in [0.25, 0.3) is 0 Å². The van der Waals surface area contributed by atoms with Crippen LogP contribution < -0.4 is 5.73 Å². The van der Waals surface area contributed by atoms with E-state index in [2.05, 4.69) is 15.2 Å². The summed E-state index contributed by atoms with van der Waals surface area (Å²) in [7, 11) is 0. The second-order valence-corrected chi connectivity index (χ2v) is 4.61. The predicted molar refractivity (Wildman–Crippen MR) is 64.4 cm³/mol. The number of hydrogen-bond donors (Lipinski definition) is 2. The summed E-state index contributed by atoms with van der Waals surface area (Å²) in [6.07, 6.45) is 0.642. The van der Waals surface area contributed by atoms with Crippen molar-refractivity contribution in [1.29, 1.82) is 0 Å². The summed E-state index contributed by atoms with van der Waals surface area (Å²) < 4.78 is 13.1. The first kappa shape index (κ1) is 12.1. The highest BCUT2D eigenvalue weighted by molar-refractivity contribution is 7.99. The Balaban J connectivity index is 2.25. The zero-order valence-corrected chi connectivity index (χ0v) is 10.2. The molecule has 0 fully saturated rings. The van der Waals surface area contributed by atoms with Gasteiger partial charge in [-0.05, 0) is 55.4 Å². The minimum absolute atomic E-state index is 0.246. The SMILES string of the molecule is Cc1nc(Sc2ccc(F)cc2CCN)n[nH]1. The average molecular weight is 252 g/mol. The van der Waals surface area contributed by atoms with E-state index in [-0.39, 0.29) is 5.82 Å². The number of nitrogens with two attached hydrogens (primary N) is 1. The maximum atomic E-state index is 13.1. The third-order valence-electron chi connectivity index (χ3n) is 2.21. The molecule has 0 atom stereocenters. The van der Waals surface area contributed by atoms with Crippen LogP contribution in [0.2, 0.25) is 0 Å². The zero-order valence-electron chi connectivity index (χ0n) is 9.40. The van der Waals surface area contributed by atoms with Crippen molar-refractivity contribution in [1.82, 2.24) is 15.2 Å². The standard InChI is InChI=1S/C11H13FN4S/c1-7-14-11(16-15-7)17-10-3-2-9(12)6-8(10)4-5-13/h2-3,6H,4-5,13H2,1H3,(H,14,15,16). The quantitative estimate of drug-likeness (QED) is 0.872. The first-order valence-corrected chi connectivity index (χ1v) is 6.06. The molecule has 0 amide bonds. The molecular formula is C11H13FN4S. The smallest absolute Gasteiger partial charge is 0.213 e. The molecule has 0 unspecified atom stereocenters. The van der Waals surface area contributed by atoms with Crippen LogP contribution in [0.4, 0.5) is 4.39 Å². The molecule has 2 aromatic rings. The van der Waals surface area contributed by atoms with Crippen LogP contribution in [0.3, 0.4) is 0 Å². The van der Waals surface area contributed by atoms with E-state index in [1.807, 2.05) is 6.92 Å². The Kier molecular flexibility index (Phi) is 3.75. The van der Waals surface area contributed by atoms with E-state index >= 15 is 0 Å². The molecule has 4 nitrogen and oxygen atoms in total. The summed E-state index contributed by atoms with van der Waals surface area (Å²) in [5.74, 6) is 0.513. The summed E-state index contributed by atoms with van der Waals surface area (Å²) >= 11 is 1.41. The van der Waals surface area contributed by atoms with E-state index in [0.717, 1.165) is 16.3 Å². The molecule has 17 heavy (non-hydrogen) atoms. The third-order valence-corrected chi connectivity index (χ3v) is 3.20. The van der Waals surface area contributed by atoms with Gasteiger partial charge in [-0.1, -0.05) is 0 Å². The first-order valence-electron chi connectivity index (χ1n) is 5.24. The first-order chi connectivity index (χ1) is 8.19. The molecule has 0 radical (unpaired) electrons. The fourth-order valence-electron chi connectivity index (χ4n) is 1.46. The molecule has 0 spiro atoms. The minimum atomic E-state index is -0.246. The third kappa shape index (κ3) is 3.04. The Morgan fingerprint density at radius 3 is 2.94 bits per heavy atom. The van der Waals surface area contributed by atoms with E-state index in [9.17, 15) is 4.39 Å². The van der Waals surface area contributed by atoms with Crippen LogP contribution in [0.5, 0.6) is 0 Å². The van der Waals surface area contributed by atoms with Gasteiger partial charge in [-0.15, -0.1) is 5.10 Å². The number of aromatic nitrogens is 3. The molecule has 0 aliphatic heterocycles. The van der Waals surface area contributed by atoms with E-state index in [0.29, 0.717) is 18.1 Å². The predicted octanol–water partition coefficient (Wildman–Crippen LogP) is 1.90. The summed E-state index contributed by atoms with van der Waals surface area (Å²) in [5, 5.41) is 7.44. The maximum absolute atomic E-state index is 13.1. The van der Waals surface area contributed by atoms with Crippen LogP contribution in [-0.4, -0.2) is 21.7 Å². The van der Waals surface area contributed by atoms with Crippen molar-refractivity contribution in [2.24, 2.45) is 5.73 Å². The highest BCUT2D eigenvalue weighted by Crippen LogP contribution is 2.28. The minimum Gasteiger partial charge on any atom is -0.330 e. The van der Waals surface area contributed by atoms with Gasteiger partial charge >= 0.3 is 0 Å². The number of benzene rings is 1. The Labute approximate surface area is 103 Å². The number of halogens is 1. The Morgan fingerprint density at radius 2 is 2.29 bits per heavy atom. The lowest BCUT2D eigenvalue weighted by atomic mass is 10.1. The number of hydrogen-bond acceptors (Lipinski definition) is 4. The molecule has 1 aromatic heterocycles. The molecule has 0 aliphatic carbocycles. The fourth-order valence-corrected chi connectivity index (χ4v) is 2.36. The lowest BCUT2D eigenvalue weighted by Crippen LogP contribution is -2.04. The largest absolute Gasteiger partial charge is 0.330 e. The van der Waals surface area contributed by atoms with Crippen molar-refractivity contribution in [3.8, 4) is 0 Å². The number of rotatable bonds is 4. The fraction of sp³-hybridized carbons (Fsp3) is 0.273. The second kappa shape index (κ2) is 5.29. The Morgan fingerprint density at radius 1 is 1.47 bits per heavy atom. The van der Waals surface area contributed by atoms with Gasteiger partial charge in [-0.3, -0.25) is 5.10 Å². The number of aromatic amines is 1. The molecule has 0 bridgehead atoms. The number of aryl methyl sites for hydroxylation is 1. The van der Waals surface area contributed by atoms with Gasteiger partial charge in [0.25, 0.3) is 0 Å². The molecule has 1 aromatic carbocycles. The summed E-state index contributed by atoms with van der Waals surface area (Å²) in [4.78, 5) is 5.14. The number of H-pyrrole nitrogens is 1. The molecule has 0 aliphatic rings. The normalized spacial score (nSPS) is 10.8. The van der Waals surface area contributed by atoms with Crippen LogP contribution in [0.15, 0.2) is 28.3 Å². The highest BCUT2D eigenvalue weighted by atomic mass is 32.2. The van der Waals surface area contributed by atoms with E-state index < -0.39 is 0 Å². The van der Waals surface area contributed by atoms with Crippen molar-refractivity contribution < 1.29 is 4.39 Å². The zero-order chi connectivity index (χ0) is 12.3. The molecule has 0 saturated carbocycles. The molecule has 0 saturated heterocycles. The topological polar surface area (TPSA) is 67.6 Å². The highest BCUT2D eigenvalue weighted by Gasteiger charge is 2.08. The van der Waals surface area contributed by atoms with Gasteiger partial charge in [0.2, 0.25) is 5.16 Å². The maximum Gasteiger partial charge on any atom is 0.213 e. The van der Waals surface area contributed by atoms with Gasteiger partial charge in [-0.2, -0.15) is 0 Å². The van der Waals surface area contributed by atoms with E-state index in [1.165, 1.54) is 23.9 Å². The Bertz CT molecular complexity index is 512. The Hall–Kier alpha value is -1.40. The van der Waals surface area contributed by atoms with Crippen molar-refractivity contribution in [2.75, 3.05) is 6.54 Å². The van der Waals surface area contributed by atoms with Gasteiger partial charge in [0.1, 0.15) is 11.6 Å². The number of nitrogens with one attached hydrogen (secondary N) is 1. The van der Waals surface area contributed by atoms with Crippen LogP contribution >= 0.6 is 11.8 Å². The van der Waals surface area contributed by atoms with Gasteiger partial charge in [0.05, 0.1) is 0 Å². The van der Waals surface area contributed by atoms with E-state index in [1.54, 1.807) is 6.07 Å². The van der Waals surface area contributed by atoms with Crippen LogP contribution in [0, 0.1) is 12.7 Å². The molecule has 2 rings (SSSR count). The summed E-state index contributed by atoms with van der Waals surface area (Å²) in [6, 6.07) is 4.67. The lowest BCUT2D eigenvalue weighted by Gasteiger charge is -2.06. The van der Waals surface area contributed by atoms with Crippen molar-refractivity contribution in [3.05, 3.63) is 35.4 Å². The summed E-state index contributed by atoms with van der Waals surface area (Å²) in [5.41, 5.74) is 6.40. The van der Waals surface area contributed by atoms with Crippen molar-refractivity contribution in [2.45, 2.75) is 23.4 Å². The monoisotopic (exact) mass is 252 g/mol. The van der Waals surface area contributed by atoms with Crippen molar-refractivity contribution in [3.63, 3.8) is 0 Å². The molecular weight excluding hydrogens is 239 g/mol. The van der Waals surface area contributed by atoms with Gasteiger partial charge in [0, 0.05) is 4.90 Å². The van der Waals surface area contributed by atoms with Crippen molar-refractivity contribution >= 4 is 11.8 Å².